The van der Waals surface area contributed by atoms with E-state index >= 15 is 0 Å². The molecule has 0 radical (unpaired) electrons. The monoisotopic (exact) mass is 376 g/mol. The summed E-state index contributed by atoms with van der Waals surface area (Å²) in [6, 6.07) is 0. The molecule has 2 aliphatic carbocycles. The van der Waals surface area contributed by atoms with Gasteiger partial charge in [-0.25, -0.2) is 4.79 Å². The van der Waals surface area contributed by atoms with Gasteiger partial charge in [-0.15, -0.1) is 0 Å². The first-order valence-corrected chi connectivity index (χ1v) is 9.71. The van der Waals surface area contributed by atoms with Gasteiger partial charge in [-0.05, 0) is 53.9 Å². The Morgan fingerprint density at radius 2 is 1.96 bits per heavy atom. The Labute approximate surface area is 161 Å². The number of ether oxygens (including phenoxy) is 1. The van der Waals surface area contributed by atoms with Crippen molar-refractivity contribution in [2.24, 2.45) is 22.7 Å². The van der Waals surface area contributed by atoms with E-state index < -0.39 is 11.9 Å². The van der Waals surface area contributed by atoms with Crippen molar-refractivity contribution in [3.63, 3.8) is 0 Å². The number of esters is 1. The smallest absolute Gasteiger partial charge is 0.328 e. The molecule has 0 aromatic carbocycles. The van der Waals surface area contributed by atoms with E-state index in [4.69, 9.17) is 9.84 Å². The van der Waals surface area contributed by atoms with Crippen LogP contribution in [0.3, 0.4) is 0 Å². The summed E-state index contributed by atoms with van der Waals surface area (Å²) in [6.45, 7) is 12.2. The van der Waals surface area contributed by atoms with Gasteiger partial charge in [0.05, 0.1) is 0 Å². The SMILES string of the molecule is C=C1CC[C@@H]2C(C)(C)CC(=O)C[C@@]2(C)[C@@H]1CC/C(=C/C(=O)O)COC(C)=O. The fourth-order valence-corrected chi connectivity index (χ4v) is 5.61. The second-order valence-electron chi connectivity index (χ2n) is 9.15. The predicted molar refractivity (Wildman–Crippen MR) is 103 cm³/mol. The van der Waals surface area contributed by atoms with Crippen molar-refractivity contribution in [2.75, 3.05) is 6.61 Å². The molecule has 2 saturated carbocycles. The minimum atomic E-state index is -1.04. The second kappa shape index (κ2) is 7.99. The highest BCUT2D eigenvalue weighted by Crippen LogP contribution is 2.61. The molecule has 0 aliphatic heterocycles. The first-order chi connectivity index (χ1) is 12.5. The Hall–Kier alpha value is -1.91. The van der Waals surface area contributed by atoms with Crippen LogP contribution in [0, 0.1) is 22.7 Å². The Kier molecular flexibility index (Phi) is 6.33. The molecule has 5 nitrogen and oxygen atoms in total. The Balaban J connectivity index is 2.21. The molecule has 27 heavy (non-hydrogen) atoms. The normalized spacial score (nSPS) is 30.6. The highest BCUT2D eigenvalue weighted by Gasteiger charge is 2.54. The van der Waals surface area contributed by atoms with Gasteiger partial charge < -0.3 is 9.84 Å². The number of carbonyl (C=O) groups is 3. The van der Waals surface area contributed by atoms with Crippen LogP contribution in [-0.4, -0.2) is 29.4 Å². The molecular weight excluding hydrogens is 344 g/mol. The number of aliphatic carboxylic acids is 1. The maximum absolute atomic E-state index is 12.5. The molecule has 150 valence electrons. The van der Waals surface area contributed by atoms with Gasteiger partial charge in [-0.3, -0.25) is 9.59 Å². The fourth-order valence-electron chi connectivity index (χ4n) is 5.61. The molecule has 0 spiro atoms. The molecule has 0 saturated heterocycles. The predicted octanol–water partition coefficient (Wildman–Crippen LogP) is 4.32. The van der Waals surface area contributed by atoms with E-state index in [0.29, 0.717) is 36.5 Å². The lowest BCUT2D eigenvalue weighted by molar-refractivity contribution is -0.141. The summed E-state index contributed by atoms with van der Waals surface area (Å²) in [5.41, 5.74) is 1.56. The van der Waals surface area contributed by atoms with Gasteiger partial charge in [0.25, 0.3) is 0 Å². The molecule has 0 heterocycles. The van der Waals surface area contributed by atoms with E-state index in [9.17, 15) is 14.4 Å². The van der Waals surface area contributed by atoms with E-state index in [1.807, 2.05) is 0 Å². The number of allylic oxidation sites excluding steroid dienone is 1. The maximum atomic E-state index is 12.5. The van der Waals surface area contributed by atoms with Gasteiger partial charge in [0.15, 0.2) is 0 Å². The number of carboxylic acid groups (broad SMARTS) is 1. The number of carboxylic acids is 1. The van der Waals surface area contributed by atoms with Crippen LogP contribution < -0.4 is 0 Å². The van der Waals surface area contributed by atoms with Crippen molar-refractivity contribution in [3.8, 4) is 0 Å². The van der Waals surface area contributed by atoms with Gasteiger partial charge >= 0.3 is 11.9 Å². The number of carbonyl (C=O) groups excluding carboxylic acids is 2. The van der Waals surface area contributed by atoms with Crippen molar-refractivity contribution in [2.45, 2.75) is 66.2 Å². The highest BCUT2D eigenvalue weighted by atomic mass is 16.5. The summed E-state index contributed by atoms with van der Waals surface area (Å²) >= 11 is 0. The third kappa shape index (κ3) is 4.88. The van der Waals surface area contributed by atoms with Crippen LogP contribution in [-0.2, 0) is 19.1 Å². The average molecular weight is 376 g/mol. The van der Waals surface area contributed by atoms with Crippen LogP contribution in [0.1, 0.15) is 66.2 Å². The number of hydrogen-bond donors (Lipinski definition) is 1. The van der Waals surface area contributed by atoms with Gasteiger partial charge in [0.2, 0.25) is 0 Å². The average Bonchev–Trinajstić information content (AvgIpc) is 2.49. The second-order valence-corrected chi connectivity index (χ2v) is 9.15. The lowest BCUT2D eigenvalue weighted by Crippen LogP contribution is -2.52. The van der Waals surface area contributed by atoms with Crippen molar-refractivity contribution in [3.05, 3.63) is 23.8 Å². The summed E-state index contributed by atoms with van der Waals surface area (Å²) in [5, 5.41) is 9.10. The molecule has 0 amide bonds. The van der Waals surface area contributed by atoms with E-state index in [1.54, 1.807) is 0 Å². The Bertz CT molecular complexity index is 672. The van der Waals surface area contributed by atoms with Gasteiger partial charge in [0.1, 0.15) is 12.4 Å². The molecule has 2 aliphatic rings. The summed E-state index contributed by atoms with van der Waals surface area (Å²) < 4.78 is 5.01. The lowest BCUT2D eigenvalue weighted by Gasteiger charge is -2.57. The molecule has 5 heteroatoms. The molecular formula is C22H32O5. The summed E-state index contributed by atoms with van der Waals surface area (Å²) in [6.07, 6.45) is 5.55. The van der Waals surface area contributed by atoms with Crippen LogP contribution in [0.4, 0.5) is 0 Å². The number of ketones is 1. The van der Waals surface area contributed by atoms with E-state index in [0.717, 1.165) is 30.9 Å². The maximum Gasteiger partial charge on any atom is 0.328 e. The summed E-state index contributed by atoms with van der Waals surface area (Å²) in [5.74, 6) is -0.565. The quantitative estimate of drug-likeness (QED) is 0.424. The molecule has 2 fully saturated rings. The molecule has 0 aromatic heterocycles. The standard InChI is InChI=1S/C22H32O5/c1-14-6-9-19-21(3,4)11-17(24)12-22(19,5)18(14)8-7-16(10-20(25)26)13-27-15(2)23/h10,18-19H,1,6-9,11-13H2,2-5H3,(H,25,26)/b16-10-/t18-,19-,22+/m1/s1. The zero-order chi connectivity index (χ0) is 20.4. The van der Waals surface area contributed by atoms with Crippen molar-refractivity contribution in [1.82, 2.24) is 0 Å². The largest absolute Gasteiger partial charge is 0.478 e. The lowest BCUT2D eigenvalue weighted by atomic mass is 9.47. The molecule has 2 rings (SSSR count). The number of hydrogen-bond acceptors (Lipinski definition) is 4. The molecule has 1 N–H and O–H groups in total. The minimum Gasteiger partial charge on any atom is -0.478 e. The number of rotatable bonds is 6. The summed E-state index contributed by atoms with van der Waals surface area (Å²) in [4.78, 5) is 34.7. The van der Waals surface area contributed by atoms with Crippen LogP contribution >= 0.6 is 0 Å². The van der Waals surface area contributed by atoms with E-state index in [1.165, 1.54) is 6.92 Å². The first kappa shape index (κ1) is 21.4. The van der Waals surface area contributed by atoms with Gasteiger partial charge in [-0.2, -0.15) is 0 Å². The molecule has 0 bridgehead atoms. The Morgan fingerprint density at radius 1 is 1.30 bits per heavy atom. The zero-order valence-corrected chi connectivity index (χ0v) is 17.0. The third-order valence-electron chi connectivity index (χ3n) is 6.56. The third-order valence-corrected chi connectivity index (χ3v) is 6.56. The molecule has 0 unspecified atom stereocenters. The van der Waals surface area contributed by atoms with Crippen molar-refractivity contribution < 1.29 is 24.2 Å². The minimum absolute atomic E-state index is 0.00854. The van der Waals surface area contributed by atoms with Gasteiger partial charge in [-0.1, -0.05) is 32.9 Å². The zero-order valence-electron chi connectivity index (χ0n) is 17.0. The fraction of sp³-hybridized carbons (Fsp3) is 0.682. The van der Waals surface area contributed by atoms with E-state index in [-0.39, 0.29) is 23.4 Å². The van der Waals surface area contributed by atoms with Crippen molar-refractivity contribution >= 4 is 17.7 Å². The Morgan fingerprint density at radius 3 is 2.56 bits per heavy atom. The molecule has 0 aromatic rings. The first-order valence-electron chi connectivity index (χ1n) is 9.71. The van der Waals surface area contributed by atoms with E-state index in [2.05, 4.69) is 27.4 Å². The number of Topliss-reactive ketones (excluding diaryl/α,β-unsaturated/α-hetero) is 1. The highest BCUT2D eigenvalue weighted by molar-refractivity contribution is 5.81. The van der Waals surface area contributed by atoms with Crippen molar-refractivity contribution in [1.29, 1.82) is 0 Å². The topological polar surface area (TPSA) is 80.7 Å². The van der Waals surface area contributed by atoms with Crippen LogP contribution in [0.15, 0.2) is 23.8 Å². The summed E-state index contributed by atoms with van der Waals surface area (Å²) in [7, 11) is 0. The molecule has 3 atom stereocenters. The number of fused-ring (bicyclic) bond motifs is 1. The van der Waals surface area contributed by atoms with Crippen LogP contribution in [0.5, 0.6) is 0 Å². The van der Waals surface area contributed by atoms with Crippen LogP contribution in [0.2, 0.25) is 0 Å². The van der Waals surface area contributed by atoms with Gasteiger partial charge in [0, 0.05) is 25.8 Å². The van der Waals surface area contributed by atoms with Crippen LogP contribution in [0.25, 0.3) is 0 Å².